The van der Waals surface area contributed by atoms with Crippen LogP contribution in [0.1, 0.15) is 24.8 Å². The summed E-state index contributed by atoms with van der Waals surface area (Å²) in [7, 11) is 0. The number of aromatic hydroxyl groups is 1. The fourth-order valence-electron chi connectivity index (χ4n) is 2.38. The summed E-state index contributed by atoms with van der Waals surface area (Å²) in [4.78, 5) is 0. The van der Waals surface area contributed by atoms with Gasteiger partial charge in [-0.1, -0.05) is 12.5 Å². The summed E-state index contributed by atoms with van der Waals surface area (Å²) in [6.07, 6.45) is 4.97. The molecule has 1 fully saturated rings. The van der Waals surface area contributed by atoms with Crippen LogP contribution >= 0.6 is 0 Å². The van der Waals surface area contributed by atoms with E-state index in [0.29, 0.717) is 18.7 Å². The maximum absolute atomic E-state index is 9.35. The highest BCUT2D eigenvalue weighted by Gasteiger charge is 2.25. The first kappa shape index (κ1) is 9.97. The second-order valence-electron chi connectivity index (χ2n) is 4.80. The highest BCUT2D eigenvalue weighted by atomic mass is 16.5. The van der Waals surface area contributed by atoms with Crippen LogP contribution in [-0.4, -0.2) is 23.8 Å². The van der Waals surface area contributed by atoms with E-state index in [4.69, 9.17) is 4.74 Å². The molecule has 1 heterocycles. The van der Waals surface area contributed by atoms with Crippen molar-refractivity contribution in [3.8, 4) is 11.5 Å². The Hall–Kier alpha value is -1.22. The van der Waals surface area contributed by atoms with Crippen LogP contribution in [0.25, 0.3) is 0 Å². The summed E-state index contributed by atoms with van der Waals surface area (Å²) >= 11 is 0. The second kappa shape index (κ2) is 3.98. The molecule has 3 nitrogen and oxygen atoms in total. The van der Waals surface area contributed by atoms with E-state index >= 15 is 0 Å². The maximum atomic E-state index is 9.35. The van der Waals surface area contributed by atoms with E-state index in [1.54, 1.807) is 12.1 Å². The highest BCUT2D eigenvalue weighted by Crippen LogP contribution is 2.29. The molecule has 86 valence electrons. The monoisotopic (exact) mass is 219 g/mol. The van der Waals surface area contributed by atoms with Gasteiger partial charge in [0, 0.05) is 18.2 Å². The van der Waals surface area contributed by atoms with Gasteiger partial charge in [0.2, 0.25) is 0 Å². The standard InChI is InChI=1S/C13H17NO2/c15-12-5-4-9-6-11(8-16-13(9)7-12)14-10-2-1-3-10/h4-5,7,10-11,14-15H,1-3,6,8H2. The van der Waals surface area contributed by atoms with Crippen molar-refractivity contribution < 1.29 is 9.84 Å². The van der Waals surface area contributed by atoms with Gasteiger partial charge >= 0.3 is 0 Å². The molecule has 1 aliphatic heterocycles. The average Bonchev–Trinajstić information content (AvgIpc) is 2.23. The van der Waals surface area contributed by atoms with Crippen molar-refractivity contribution in [1.82, 2.24) is 5.32 Å². The SMILES string of the molecule is Oc1ccc2c(c1)OCC(NC1CCC1)C2. The molecule has 3 rings (SSSR count). The normalized spacial score (nSPS) is 24.4. The van der Waals surface area contributed by atoms with Gasteiger partial charge < -0.3 is 15.2 Å². The number of hydrogen-bond acceptors (Lipinski definition) is 3. The molecular formula is C13H17NO2. The molecule has 2 aliphatic rings. The van der Waals surface area contributed by atoms with Crippen molar-refractivity contribution in [1.29, 1.82) is 0 Å². The van der Waals surface area contributed by atoms with E-state index in [1.165, 1.54) is 24.8 Å². The highest BCUT2D eigenvalue weighted by molar-refractivity contribution is 5.41. The van der Waals surface area contributed by atoms with Gasteiger partial charge in [-0.05, 0) is 30.9 Å². The number of rotatable bonds is 2. The molecular weight excluding hydrogens is 202 g/mol. The van der Waals surface area contributed by atoms with Crippen molar-refractivity contribution in [3.63, 3.8) is 0 Å². The van der Waals surface area contributed by atoms with Crippen molar-refractivity contribution in [2.45, 2.75) is 37.8 Å². The Bertz CT molecular complexity index is 388. The molecule has 0 amide bonds. The Balaban J connectivity index is 1.68. The molecule has 1 unspecified atom stereocenters. The zero-order chi connectivity index (χ0) is 11.0. The Kier molecular flexibility index (Phi) is 2.48. The zero-order valence-corrected chi connectivity index (χ0v) is 9.28. The predicted molar refractivity (Wildman–Crippen MR) is 61.9 cm³/mol. The Morgan fingerprint density at radius 1 is 1.25 bits per heavy atom. The third kappa shape index (κ3) is 1.87. The van der Waals surface area contributed by atoms with E-state index in [1.807, 2.05) is 6.07 Å². The second-order valence-corrected chi connectivity index (χ2v) is 4.80. The lowest BCUT2D eigenvalue weighted by Gasteiger charge is -2.34. The first-order valence-corrected chi connectivity index (χ1v) is 6.02. The summed E-state index contributed by atoms with van der Waals surface area (Å²) in [5.41, 5.74) is 1.20. The first-order valence-electron chi connectivity index (χ1n) is 6.02. The Labute approximate surface area is 95.4 Å². The number of benzene rings is 1. The van der Waals surface area contributed by atoms with Crippen LogP contribution in [0, 0.1) is 0 Å². The number of phenols is 1. The number of ether oxygens (including phenoxy) is 1. The van der Waals surface area contributed by atoms with Crippen LogP contribution in [0.2, 0.25) is 0 Å². The number of phenolic OH excluding ortho intramolecular Hbond substituents is 1. The quantitative estimate of drug-likeness (QED) is 0.797. The molecule has 0 aromatic heterocycles. The molecule has 1 saturated carbocycles. The van der Waals surface area contributed by atoms with Crippen molar-refractivity contribution in [3.05, 3.63) is 23.8 Å². The largest absolute Gasteiger partial charge is 0.508 e. The fraction of sp³-hybridized carbons (Fsp3) is 0.538. The van der Waals surface area contributed by atoms with Gasteiger partial charge in [0.1, 0.15) is 18.1 Å². The lowest BCUT2D eigenvalue weighted by Crippen LogP contribution is -2.47. The number of hydrogen-bond donors (Lipinski definition) is 2. The molecule has 16 heavy (non-hydrogen) atoms. The van der Waals surface area contributed by atoms with Gasteiger partial charge in [-0.15, -0.1) is 0 Å². The Morgan fingerprint density at radius 2 is 2.12 bits per heavy atom. The van der Waals surface area contributed by atoms with E-state index in [-0.39, 0.29) is 5.75 Å². The molecule has 0 saturated heterocycles. The molecule has 0 spiro atoms. The molecule has 1 aromatic rings. The lowest BCUT2D eigenvalue weighted by atomic mass is 9.91. The fourth-order valence-corrected chi connectivity index (χ4v) is 2.38. The van der Waals surface area contributed by atoms with Gasteiger partial charge in [-0.2, -0.15) is 0 Å². The third-order valence-electron chi connectivity index (χ3n) is 3.53. The molecule has 1 aromatic carbocycles. The van der Waals surface area contributed by atoms with Gasteiger partial charge in [0.15, 0.2) is 0 Å². The number of fused-ring (bicyclic) bond motifs is 1. The maximum Gasteiger partial charge on any atom is 0.126 e. The van der Waals surface area contributed by atoms with Gasteiger partial charge in [-0.3, -0.25) is 0 Å². The minimum Gasteiger partial charge on any atom is -0.508 e. The molecule has 1 aliphatic carbocycles. The van der Waals surface area contributed by atoms with E-state index in [0.717, 1.165) is 12.2 Å². The summed E-state index contributed by atoms with van der Waals surface area (Å²) in [5, 5.41) is 13.0. The molecule has 0 radical (unpaired) electrons. The Morgan fingerprint density at radius 3 is 2.88 bits per heavy atom. The van der Waals surface area contributed by atoms with E-state index in [9.17, 15) is 5.11 Å². The smallest absolute Gasteiger partial charge is 0.126 e. The summed E-state index contributed by atoms with van der Waals surface area (Å²) in [6, 6.07) is 6.52. The summed E-state index contributed by atoms with van der Waals surface area (Å²) < 4.78 is 5.66. The van der Waals surface area contributed by atoms with Gasteiger partial charge in [-0.25, -0.2) is 0 Å². The van der Waals surface area contributed by atoms with Crippen molar-refractivity contribution in [2.24, 2.45) is 0 Å². The van der Waals surface area contributed by atoms with Gasteiger partial charge in [0.25, 0.3) is 0 Å². The molecule has 3 heteroatoms. The number of nitrogens with one attached hydrogen (secondary N) is 1. The van der Waals surface area contributed by atoms with E-state index < -0.39 is 0 Å². The third-order valence-corrected chi connectivity index (χ3v) is 3.53. The minimum atomic E-state index is 0.282. The van der Waals surface area contributed by atoms with Crippen LogP contribution in [-0.2, 0) is 6.42 Å². The average molecular weight is 219 g/mol. The van der Waals surface area contributed by atoms with Crippen molar-refractivity contribution >= 4 is 0 Å². The molecule has 0 bridgehead atoms. The molecule has 1 atom stereocenters. The van der Waals surface area contributed by atoms with Crippen LogP contribution in [0.15, 0.2) is 18.2 Å². The van der Waals surface area contributed by atoms with Crippen LogP contribution in [0.3, 0.4) is 0 Å². The zero-order valence-electron chi connectivity index (χ0n) is 9.28. The summed E-state index contributed by atoms with van der Waals surface area (Å²) in [6.45, 7) is 0.715. The lowest BCUT2D eigenvalue weighted by molar-refractivity contribution is 0.203. The minimum absolute atomic E-state index is 0.282. The summed E-state index contributed by atoms with van der Waals surface area (Å²) in [5.74, 6) is 1.12. The molecule has 2 N–H and O–H groups in total. The van der Waals surface area contributed by atoms with Gasteiger partial charge in [0.05, 0.1) is 0 Å². The van der Waals surface area contributed by atoms with Crippen molar-refractivity contribution in [2.75, 3.05) is 6.61 Å². The first-order chi connectivity index (χ1) is 7.81. The van der Waals surface area contributed by atoms with Crippen LogP contribution < -0.4 is 10.1 Å². The topological polar surface area (TPSA) is 41.5 Å². The van der Waals surface area contributed by atoms with E-state index in [2.05, 4.69) is 5.32 Å². The van der Waals surface area contributed by atoms with Crippen LogP contribution in [0.5, 0.6) is 11.5 Å². The van der Waals surface area contributed by atoms with Crippen LogP contribution in [0.4, 0.5) is 0 Å². The predicted octanol–water partition coefficient (Wildman–Crippen LogP) is 1.84.